The van der Waals surface area contributed by atoms with Gasteiger partial charge in [0.05, 0.1) is 26.2 Å². The van der Waals surface area contributed by atoms with Crippen LogP contribution in [0.3, 0.4) is 0 Å². The summed E-state index contributed by atoms with van der Waals surface area (Å²) in [6.45, 7) is 0. The van der Waals surface area contributed by atoms with Crippen LogP contribution in [0.4, 0.5) is 0 Å². The Kier molecular flexibility index (Phi) is 5.56. The summed E-state index contributed by atoms with van der Waals surface area (Å²) in [6, 6.07) is 18.5. The molecule has 0 saturated carbocycles. The van der Waals surface area contributed by atoms with E-state index in [0.29, 0.717) is 17.1 Å². The van der Waals surface area contributed by atoms with Crippen molar-refractivity contribution < 1.29 is 19.1 Å². The number of amides is 2. The van der Waals surface area contributed by atoms with Crippen molar-refractivity contribution in [2.24, 2.45) is 0 Å². The molecule has 0 aromatic heterocycles. The minimum atomic E-state index is -0.472. The Labute approximate surface area is 157 Å². The second kappa shape index (κ2) is 8.23. The molecule has 138 valence electrons. The van der Waals surface area contributed by atoms with Crippen molar-refractivity contribution in [3.05, 3.63) is 71.8 Å². The number of carbonyl (C=O) groups is 2. The first-order chi connectivity index (χ1) is 13.1. The number of rotatable bonds is 5. The highest BCUT2D eigenvalue weighted by Gasteiger charge is 2.14. The second-order valence-electron chi connectivity index (χ2n) is 5.88. The number of nitrogens with one attached hydrogen (secondary N) is 2. The van der Waals surface area contributed by atoms with Gasteiger partial charge in [0.2, 0.25) is 5.91 Å². The number of hydrazine groups is 1. The Morgan fingerprint density at radius 1 is 0.889 bits per heavy atom. The molecule has 0 aliphatic heterocycles. The number of hydrogen-bond acceptors (Lipinski definition) is 4. The Morgan fingerprint density at radius 2 is 1.67 bits per heavy atom. The van der Waals surface area contributed by atoms with Crippen LogP contribution >= 0.6 is 0 Å². The third-order valence-electron chi connectivity index (χ3n) is 4.20. The van der Waals surface area contributed by atoms with Gasteiger partial charge in [0.15, 0.2) is 0 Å². The molecule has 3 rings (SSSR count). The van der Waals surface area contributed by atoms with Crippen molar-refractivity contribution in [1.82, 2.24) is 10.9 Å². The predicted octanol–water partition coefficient (Wildman–Crippen LogP) is 2.86. The molecule has 2 N–H and O–H groups in total. The quantitative estimate of drug-likeness (QED) is 0.683. The number of hydrogen-bond donors (Lipinski definition) is 2. The van der Waals surface area contributed by atoms with Crippen LogP contribution in [0.2, 0.25) is 0 Å². The summed E-state index contributed by atoms with van der Waals surface area (Å²) in [7, 11) is 2.99. The van der Waals surface area contributed by atoms with E-state index in [0.717, 1.165) is 16.3 Å². The molecule has 0 spiro atoms. The fraction of sp³-hybridized carbons (Fsp3) is 0.143. The van der Waals surface area contributed by atoms with Gasteiger partial charge in [0.1, 0.15) is 11.5 Å². The van der Waals surface area contributed by atoms with Gasteiger partial charge in [-0.15, -0.1) is 0 Å². The average molecular weight is 364 g/mol. The van der Waals surface area contributed by atoms with E-state index in [4.69, 9.17) is 9.47 Å². The molecule has 0 fully saturated rings. The Bertz CT molecular complexity index is 980. The monoisotopic (exact) mass is 364 g/mol. The van der Waals surface area contributed by atoms with Gasteiger partial charge in [-0.2, -0.15) is 0 Å². The van der Waals surface area contributed by atoms with Crippen molar-refractivity contribution in [2.75, 3.05) is 14.2 Å². The van der Waals surface area contributed by atoms with Gasteiger partial charge in [-0.1, -0.05) is 42.5 Å². The zero-order valence-corrected chi connectivity index (χ0v) is 15.1. The third kappa shape index (κ3) is 4.17. The molecule has 0 unspecified atom stereocenters. The molecule has 0 saturated heterocycles. The zero-order chi connectivity index (χ0) is 19.2. The highest BCUT2D eigenvalue weighted by Crippen LogP contribution is 2.24. The topological polar surface area (TPSA) is 76.7 Å². The van der Waals surface area contributed by atoms with Gasteiger partial charge in [-0.25, -0.2) is 0 Å². The molecular formula is C21H20N2O4. The van der Waals surface area contributed by atoms with Crippen LogP contribution in [0.25, 0.3) is 10.8 Å². The molecule has 0 aliphatic rings. The summed E-state index contributed by atoms with van der Waals surface area (Å²) < 4.78 is 10.3. The lowest BCUT2D eigenvalue weighted by Crippen LogP contribution is -2.42. The number of carbonyl (C=O) groups excluding carboxylic acids is 2. The molecule has 2 amide bonds. The van der Waals surface area contributed by atoms with Crippen LogP contribution in [0, 0.1) is 0 Å². The van der Waals surface area contributed by atoms with Crippen LogP contribution < -0.4 is 20.3 Å². The molecule has 27 heavy (non-hydrogen) atoms. The molecule has 0 bridgehead atoms. The van der Waals surface area contributed by atoms with Crippen molar-refractivity contribution in [2.45, 2.75) is 6.42 Å². The summed E-state index contributed by atoms with van der Waals surface area (Å²) in [5, 5.41) is 2.08. The maximum atomic E-state index is 12.3. The normalized spacial score (nSPS) is 10.3. The molecule has 0 heterocycles. The Hall–Kier alpha value is -3.54. The molecule has 6 heteroatoms. The predicted molar refractivity (Wildman–Crippen MR) is 103 cm³/mol. The number of methoxy groups -OCH3 is 2. The van der Waals surface area contributed by atoms with Crippen molar-refractivity contribution in [3.8, 4) is 11.5 Å². The standard InChI is InChI=1S/C21H20N2O4/c1-26-16-10-11-18(19(13-16)27-2)21(25)23-22-20(24)12-15-8-5-7-14-6-3-4-9-17(14)15/h3-11,13H,12H2,1-2H3,(H,22,24)(H,23,25). The van der Waals surface area contributed by atoms with E-state index in [1.807, 2.05) is 42.5 Å². The van der Waals surface area contributed by atoms with E-state index < -0.39 is 5.91 Å². The van der Waals surface area contributed by atoms with E-state index in [1.54, 1.807) is 18.2 Å². The minimum absolute atomic E-state index is 0.154. The fourth-order valence-electron chi connectivity index (χ4n) is 2.84. The van der Waals surface area contributed by atoms with Crippen molar-refractivity contribution >= 4 is 22.6 Å². The molecule has 0 atom stereocenters. The van der Waals surface area contributed by atoms with Crippen LogP contribution in [0.5, 0.6) is 11.5 Å². The fourth-order valence-corrected chi connectivity index (χ4v) is 2.84. The van der Waals surface area contributed by atoms with Gasteiger partial charge >= 0.3 is 0 Å². The Balaban J connectivity index is 1.66. The minimum Gasteiger partial charge on any atom is -0.497 e. The smallest absolute Gasteiger partial charge is 0.273 e. The van der Waals surface area contributed by atoms with Crippen LogP contribution in [-0.2, 0) is 11.2 Å². The second-order valence-corrected chi connectivity index (χ2v) is 5.88. The lowest BCUT2D eigenvalue weighted by Gasteiger charge is -2.12. The largest absolute Gasteiger partial charge is 0.497 e. The van der Waals surface area contributed by atoms with Gasteiger partial charge in [0, 0.05) is 6.07 Å². The first-order valence-electron chi connectivity index (χ1n) is 8.40. The summed E-state index contributed by atoms with van der Waals surface area (Å²) in [4.78, 5) is 24.6. The molecular weight excluding hydrogens is 344 g/mol. The number of fused-ring (bicyclic) bond motifs is 1. The van der Waals surface area contributed by atoms with E-state index in [1.165, 1.54) is 14.2 Å². The zero-order valence-electron chi connectivity index (χ0n) is 15.1. The maximum Gasteiger partial charge on any atom is 0.273 e. The van der Waals surface area contributed by atoms with Crippen molar-refractivity contribution in [3.63, 3.8) is 0 Å². The van der Waals surface area contributed by atoms with Gasteiger partial charge < -0.3 is 9.47 Å². The van der Waals surface area contributed by atoms with E-state index in [9.17, 15) is 9.59 Å². The summed E-state index contributed by atoms with van der Waals surface area (Å²) in [6.07, 6.45) is 0.154. The number of benzene rings is 3. The van der Waals surface area contributed by atoms with E-state index in [-0.39, 0.29) is 12.3 Å². The summed E-state index contributed by atoms with van der Waals surface area (Å²) in [5.74, 6) is 0.145. The molecule has 3 aromatic rings. The SMILES string of the molecule is COc1ccc(C(=O)NNC(=O)Cc2cccc3ccccc23)c(OC)c1. The highest BCUT2D eigenvalue weighted by molar-refractivity contribution is 5.98. The van der Waals surface area contributed by atoms with Crippen molar-refractivity contribution in [1.29, 1.82) is 0 Å². The molecule has 0 aliphatic carbocycles. The van der Waals surface area contributed by atoms with Gasteiger partial charge in [-0.05, 0) is 28.5 Å². The van der Waals surface area contributed by atoms with Gasteiger partial charge in [-0.3, -0.25) is 20.4 Å². The van der Waals surface area contributed by atoms with E-state index >= 15 is 0 Å². The first kappa shape index (κ1) is 18.3. The molecule has 3 aromatic carbocycles. The lowest BCUT2D eigenvalue weighted by atomic mass is 10.0. The van der Waals surface area contributed by atoms with Crippen LogP contribution in [0.15, 0.2) is 60.7 Å². The summed E-state index contributed by atoms with van der Waals surface area (Å²) in [5.41, 5.74) is 6.05. The third-order valence-corrected chi connectivity index (χ3v) is 4.20. The molecule has 0 radical (unpaired) electrons. The van der Waals surface area contributed by atoms with Gasteiger partial charge in [0.25, 0.3) is 5.91 Å². The van der Waals surface area contributed by atoms with Crippen LogP contribution in [-0.4, -0.2) is 26.0 Å². The Morgan fingerprint density at radius 3 is 2.44 bits per heavy atom. The first-order valence-corrected chi connectivity index (χ1v) is 8.40. The summed E-state index contributed by atoms with van der Waals surface area (Å²) >= 11 is 0. The highest BCUT2D eigenvalue weighted by atomic mass is 16.5. The lowest BCUT2D eigenvalue weighted by molar-refractivity contribution is -0.121. The van der Waals surface area contributed by atoms with E-state index in [2.05, 4.69) is 10.9 Å². The van der Waals surface area contributed by atoms with Crippen LogP contribution in [0.1, 0.15) is 15.9 Å². The molecule has 6 nitrogen and oxygen atoms in total. The maximum absolute atomic E-state index is 12.3. The average Bonchev–Trinajstić information content (AvgIpc) is 2.71. The number of ether oxygens (including phenoxy) is 2.